The fourth-order valence-electron chi connectivity index (χ4n) is 3.09. The molecule has 2 amide bonds. The average molecular weight is 367 g/mol. The molecule has 0 bridgehead atoms. The maximum absolute atomic E-state index is 11.7. The van der Waals surface area contributed by atoms with Crippen LogP contribution in [0.15, 0.2) is 18.2 Å². The van der Waals surface area contributed by atoms with Crippen LogP contribution < -0.4 is 15.6 Å². The first kappa shape index (κ1) is 19.6. The summed E-state index contributed by atoms with van der Waals surface area (Å²) in [4.78, 5) is 23.5. The molecule has 0 atom stereocenters. The Morgan fingerprint density at radius 3 is 2.52 bits per heavy atom. The molecule has 138 valence electrons. The number of rotatable bonds is 8. The van der Waals surface area contributed by atoms with E-state index < -0.39 is 0 Å². The van der Waals surface area contributed by atoms with Crippen LogP contribution in [0.3, 0.4) is 0 Å². The Morgan fingerprint density at radius 2 is 1.84 bits per heavy atom. The van der Waals surface area contributed by atoms with Crippen molar-refractivity contribution in [2.45, 2.75) is 58.3 Å². The van der Waals surface area contributed by atoms with Gasteiger partial charge in [-0.15, -0.1) is 0 Å². The zero-order valence-electron chi connectivity index (χ0n) is 14.8. The highest BCUT2D eigenvalue weighted by Crippen LogP contribution is 2.28. The molecule has 2 rings (SSSR count). The number of hydrogen-bond acceptors (Lipinski definition) is 3. The Morgan fingerprint density at radius 1 is 1.16 bits per heavy atom. The average Bonchev–Trinajstić information content (AvgIpc) is 3.10. The number of nitrogens with one attached hydrogen (secondary N) is 2. The minimum atomic E-state index is -0.203. The van der Waals surface area contributed by atoms with Crippen molar-refractivity contribution in [2.75, 3.05) is 6.61 Å². The van der Waals surface area contributed by atoms with Crippen LogP contribution in [-0.4, -0.2) is 18.4 Å². The van der Waals surface area contributed by atoms with E-state index in [9.17, 15) is 9.59 Å². The number of aryl methyl sites for hydroxylation is 1. The molecule has 6 heteroatoms. The third kappa shape index (κ3) is 7.34. The number of halogens is 1. The van der Waals surface area contributed by atoms with Crippen LogP contribution in [0.25, 0.3) is 0 Å². The van der Waals surface area contributed by atoms with Gasteiger partial charge in [-0.3, -0.25) is 20.4 Å². The summed E-state index contributed by atoms with van der Waals surface area (Å²) < 4.78 is 5.64. The molecule has 25 heavy (non-hydrogen) atoms. The van der Waals surface area contributed by atoms with Crippen LogP contribution >= 0.6 is 11.6 Å². The molecule has 1 saturated carbocycles. The molecule has 1 aliphatic carbocycles. The standard InChI is InChI=1S/C19H27ClN2O3/c1-14-13-16(20)9-10-17(14)25-12-4-7-18(23)21-22-19(24)11-8-15-5-2-3-6-15/h9-10,13,15H,2-8,11-12H2,1H3,(H,21,23)(H,22,24). The lowest BCUT2D eigenvalue weighted by molar-refractivity contribution is -0.129. The van der Waals surface area contributed by atoms with Gasteiger partial charge in [-0.2, -0.15) is 0 Å². The molecule has 0 radical (unpaired) electrons. The summed E-state index contributed by atoms with van der Waals surface area (Å²) in [6, 6.07) is 5.44. The Balaban J connectivity index is 1.53. The zero-order valence-corrected chi connectivity index (χ0v) is 15.5. The van der Waals surface area contributed by atoms with E-state index in [-0.39, 0.29) is 11.8 Å². The first-order valence-corrected chi connectivity index (χ1v) is 9.39. The van der Waals surface area contributed by atoms with Crippen molar-refractivity contribution >= 4 is 23.4 Å². The van der Waals surface area contributed by atoms with Crippen molar-refractivity contribution in [3.63, 3.8) is 0 Å². The van der Waals surface area contributed by atoms with E-state index in [1.54, 1.807) is 6.07 Å². The third-order valence-electron chi connectivity index (χ3n) is 4.54. The smallest absolute Gasteiger partial charge is 0.238 e. The molecule has 2 N–H and O–H groups in total. The van der Waals surface area contributed by atoms with E-state index >= 15 is 0 Å². The van der Waals surface area contributed by atoms with Gasteiger partial charge in [-0.05, 0) is 49.4 Å². The molecule has 0 spiro atoms. The summed E-state index contributed by atoms with van der Waals surface area (Å²) in [7, 11) is 0. The minimum absolute atomic E-state index is 0.117. The number of amides is 2. The van der Waals surface area contributed by atoms with Gasteiger partial charge in [0.1, 0.15) is 5.75 Å². The summed E-state index contributed by atoms with van der Waals surface area (Å²) in [5.74, 6) is 1.12. The number of carbonyl (C=O) groups is 2. The molecule has 5 nitrogen and oxygen atoms in total. The molecule has 1 aromatic rings. The van der Waals surface area contributed by atoms with Gasteiger partial charge in [0.2, 0.25) is 11.8 Å². The fraction of sp³-hybridized carbons (Fsp3) is 0.579. The van der Waals surface area contributed by atoms with Crippen molar-refractivity contribution in [3.8, 4) is 5.75 Å². The van der Waals surface area contributed by atoms with Gasteiger partial charge in [0, 0.05) is 17.9 Å². The van der Waals surface area contributed by atoms with Gasteiger partial charge in [0.05, 0.1) is 6.61 Å². The largest absolute Gasteiger partial charge is 0.493 e. The molecule has 0 aromatic heterocycles. The van der Waals surface area contributed by atoms with E-state index in [1.165, 1.54) is 25.7 Å². The highest BCUT2D eigenvalue weighted by molar-refractivity contribution is 6.30. The summed E-state index contributed by atoms with van der Waals surface area (Å²) in [5, 5.41) is 0.674. The van der Waals surface area contributed by atoms with E-state index in [2.05, 4.69) is 10.9 Å². The molecule has 1 aliphatic rings. The molecule has 0 heterocycles. The van der Waals surface area contributed by atoms with Gasteiger partial charge in [-0.25, -0.2) is 0 Å². The second-order valence-corrected chi connectivity index (χ2v) is 7.08. The Labute approximate surface area is 154 Å². The quantitative estimate of drug-likeness (QED) is 0.541. The van der Waals surface area contributed by atoms with Crippen LogP contribution in [0, 0.1) is 12.8 Å². The van der Waals surface area contributed by atoms with Gasteiger partial charge >= 0.3 is 0 Å². The predicted octanol–water partition coefficient (Wildman–Crippen LogP) is 3.93. The fourth-order valence-corrected chi connectivity index (χ4v) is 3.31. The van der Waals surface area contributed by atoms with Crippen LogP contribution in [0.5, 0.6) is 5.75 Å². The molecule has 1 fully saturated rings. The van der Waals surface area contributed by atoms with Crippen molar-refractivity contribution in [3.05, 3.63) is 28.8 Å². The van der Waals surface area contributed by atoms with Crippen molar-refractivity contribution < 1.29 is 14.3 Å². The van der Waals surface area contributed by atoms with Gasteiger partial charge in [0.15, 0.2) is 0 Å². The van der Waals surface area contributed by atoms with Gasteiger partial charge in [0.25, 0.3) is 0 Å². The summed E-state index contributed by atoms with van der Waals surface area (Å²) in [6.45, 7) is 2.36. The molecular weight excluding hydrogens is 340 g/mol. The highest BCUT2D eigenvalue weighted by Gasteiger charge is 2.16. The number of ether oxygens (including phenoxy) is 1. The number of benzene rings is 1. The number of hydrazine groups is 1. The first-order chi connectivity index (χ1) is 12.0. The SMILES string of the molecule is Cc1cc(Cl)ccc1OCCCC(=O)NNC(=O)CCC1CCCC1. The number of hydrogen-bond donors (Lipinski definition) is 2. The number of carbonyl (C=O) groups excluding carboxylic acids is 2. The normalized spacial score (nSPS) is 14.3. The monoisotopic (exact) mass is 366 g/mol. The predicted molar refractivity (Wildman–Crippen MR) is 98.4 cm³/mol. The van der Waals surface area contributed by atoms with Crippen molar-refractivity contribution in [2.24, 2.45) is 5.92 Å². The van der Waals surface area contributed by atoms with Gasteiger partial charge in [-0.1, -0.05) is 37.3 Å². The van der Waals surface area contributed by atoms with Crippen molar-refractivity contribution in [1.82, 2.24) is 10.9 Å². The van der Waals surface area contributed by atoms with Gasteiger partial charge < -0.3 is 4.74 Å². The molecule has 0 unspecified atom stereocenters. The maximum atomic E-state index is 11.7. The zero-order chi connectivity index (χ0) is 18.1. The van der Waals surface area contributed by atoms with Crippen LogP contribution in [0.1, 0.15) is 56.9 Å². The van der Waals surface area contributed by atoms with Crippen LogP contribution in [0.2, 0.25) is 5.02 Å². The van der Waals surface area contributed by atoms with E-state index in [4.69, 9.17) is 16.3 Å². The topological polar surface area (TPSA) is 67.4 Å². The Hall–Kier alpha value is -1.75. The van der Waals surface area contributed by atoms with Crippen LogP contribution in [0.4, 0.5) is 0 Å². The lowest BCUT2D eigenvalue weighted by Crippen LogP contribution is -2.41. The molecular formula is C19H27ClN2O3. The molecule has 0 saturated heterocycles. The second-order valence-electron chi connectivity index (χ2n) is 6.65. The third-order valence-corrected chi connectivity index (χ3v) is 4.77. The first-order valence-electron chi connectivity index (χ1n) is 9.01. The Bertz CT molecular complexity index is 586. The van der Waals surface area contributed by atoms with Crippen molar-refractivity contribution in [1.29, 1.82) is 0 Å². The maximum Gasteiger partial charge on any atom is 0.238 e. The minimum Gasteiger partial charge on any atom is -0.493 e. The van der Waals surface area contributed by atoms with Crippen LogP contribution in [-0.2, 0) is 9.59 Å². The highest BCUT2D eigenvalue weighted by atomic mass is 35.5. The molecule has 1 aromatic carbocycles. The van der Waals surface area contributed by atoms with E-state index in [1.807, 2.05) is 19.1 Å². The lowest BCUT2D eigenvalue weighted by atomic mass is 10.0. The summed E-state index contributed by atoms with van der Waals surface area (Å²) >= 11 is 5.90. The summed E-state index contributed by atoms with van der Waals surface area (Å²) in [6.07, 6.45) is 7.28. The summed E-state index contributed by atoms with van der Waals surface area (Å²) in [5.41, 5.74) is 5.91. The second kappa shape index (κ2) is 10.3. The van der Waals surface area contributed by atoms with E-state index in [0.29, 0.717) is 36.8 Å². The Kier molecular flexibility index (Phi) is 8.06. The lowest BCUT2D eigenvalue weighted by Gasteiger charge is -2.11. The molecule has 0 aliphatic heterocycles. The van der Waals surface area contributed by atoms with E-state index in [0.717, 1.165) is 17.7 Å².